The molecule has 22 heavy (non-hydrogen) atoms. The minimum Gasteiger partial charge on any atom is -0.368 e. The zero-order chi connectivity index (χ0) is 15.4. The molecule has 1 aliphatic heterocycles. The molecule has 0 radical (unpaired) electrons. The van der Waals surface area contributed by atoms with Gasteiger partial charge in [0.25, 0.3) is 0 Å². The molecule has 0 spiro atoms. The minimum absolute atomic E-state index is 0. The summed E-state index contributed by atoms with van der Waals surface area (Å²) in [4.78, 5) is 16.4. The molecule has 6 heteroatoms. The van der Waals surface area contributed by atoms with Crippen molar-refractivity contribution in [3.63, 3.8) is 0 Å². The highest BCUT2D eigenvalue weighted by molar-refractivity contribution is 6.30. The van der Waals surface area contributed by atoms with E-state index in [2.05, 4.69) is 18.7 Å². The summed E-state index contributed by atoms with van der Waals surface area (Å²) in [5.41, 5.74) is 7.14. The number of carbonyl (C=O) groups excluding carboxylic acids is 1. The van der Waals surface area contributed by atoms with Crippen molar-refractivity contribution in [2.45, 2.75) is 26.3 Å². The molecule has 1 aromatic rings. The summed E-state index contributed by atoms with van der Waals surface area (Å²) in [7, 11) is 0. The van der Waals surface area contributed by atoms with Crippen LogP contribution in [0.5, 0.6) is 0 Å². The number of carbonyl (C=O) groups is 1. The average Bonchev–Trinajstić information content (AvgIpc) is 2.47. The molecule has 1 heterocycles. The van der Waals surface area contributed by atoms with E-state index >= 15 is 0 Å². The molecule has 1 atom stereocenters. The monoisotopic (exact) mass is 345 g/mol. The molecular weight excluding hydrogens is 321 g/mol. The molecule has 2 rings (SSSR count). The van der Waals surface area contributed by atoms with Gasteiger partial charge in [-0.1, -0.05) is 25.4 Å². The molecule has 2 N–H and O–H groups in total. The Morgan fingerprint density at radius 1 is 1.18 bits per heavy atom. The quantitative estimate of drug-likeness (QED) is 0.912. The molecule has 124 valence electrons. The SMILES string of the molecule is CC(C)CC(N)C(=O)N1CCN(c2ccc(Cl)cc2)CC1.Cl. The third kappa shape index (κ3) is 5.04. The molecule has 0 aliphatic carbocycles. The van der Waals surface area contributed by atoms with E-state index in [9.17, 15) is 4.79 Å². The molecule has 4 nitrogen and oxygen atoms in total. The Kier molecular flexibility index (Phi) is 7.46. The average molecular weight is 346 g/mol. The standard InChI is InChI=1S/C16H24ClN3O.ClH/c1-12(2)11-15(18)16(21)20-9-7-19(8-10-20)14-5-3-13(17)4-6-14;/h3-6,12,15H,7-11,18H2,1-2H3;1H. The third-order valence-corrected chi connectivity index (χ3v) is 4.08. The van der Waals surface area contributed by atoms with Gasteiger partial charge in [-0.15, -0.1) is 12.4 Å². The molecular formula is C16H25Cl2N3O. The highest BCUT2D eigenvalue weighted by Gasteiger charge is 2.25. The van der Waals surface area contributed by atoms with Crippen molar-refractivity contribution in [1.29, 1.82) is 0 Å². The van der Waals surface area contributed by atoms with Gasteiger partial charge in [-0.2, -0.15) is 0 Å². The van der Waals surface area contributed by atoms with Gasteiger partial charge in [0.15, 0.2) is 0 Å². The summed E-state index contributed by atoms with van der Waals surface area (Å²) in [6, 6.07) is 7.46. The number of rotatable bonds is 4. The zero-order valence-corrected chi connectivity index (χ0v) is 14.7. The lowest BCUT2D eigenvalue weighted by molar-refractivity contribution is -0.133. The van der Waals surface area contributed by atoms with Crippen LogP contribution >= 0.6 is 24.0 Å². The van der Waals surface area contributed by atoms with Gasteiger partial charge in [-0.05, 0) is 36.6 Å². The fourth-order valence-electron chi connectivity index (χ4n) is 2.68. The summed E-state index contributed by atoms with van der Waals surface area (Å²) in [5.74, 6) is 0.527. The van der Waals surface area contributed by atoms with Crippen molar-refractivity contribution in [3.8, 4) is 0 Å². The number of halogens is 2. The highest BCUT2D eigenvalue weighted by atomic mass is 35.5. The van der Waals surface area contributed by atoms with Crippen LogP contribution in [0.25, 0.3) is 0 Å². The number of nitrogens with zero attached hydrogens (tertiary/aromatic N) is 2. The van der Waals surface area contributed by atoms with Crippen LogP contribution in [0.4, 0.5) is 5.69 Å². The Hall–Kier alpha value is -0.970. The summed E-state index contributed by atoms with van der Waals surface area (Å²) >= 11 is 5.91. The van der Waals surface area contributed by atoms with Crippen molar-refractivity contribution in [1.82, 2.24) is 4.90 Å². The minimum atomic E-state index is -0.368. The molecule has 1 aliphatic rings. The van der Waals surface area contributed by atoms with Crippen molar-refractivity contribution in [3.05, 3.63) is 29.3 Å². The molecule has 1 aromatic carbocycles. The van der Waals surface area contributed by atoms with Gasteiger partial charge in [0.05, 0.1) is 6.04 Å². The normalized spacial score (nSPS) is 16.4. The van der Waals surface area contributed by atoms with Crippen LogP contribution in [0, 0.1) is 5.92 Å². The summed E-state index contributed by atoms with van der Waals surface area (Å²) in [6.07, 6.45) is 0.746. The first-order valence-electron chi connectivity index (χ1n) is 7.52. The molecule has 1 amide bonds. The van der Waals surface area contributed by atoms with Crippen molar-refractivity contribution in [2.24, 2.45) is 11.7 Å². The van der Waals surface area contributed by atoms with Crippen LogP contribution in [0.1, 0.15) is 20.3 Å². The smallest absolute Gasteiger partial charge is 0.239 e. The van der Waals surface area contributed by atoms with Crippen LogP contribution in [0.2, 0.25) is 5.02 Å². The lowest BCUT2D eigenvalue weighted by Crippen LogP contribution is -2.53. The first-order chi connectivity index (χ1) is 9.97. The van der Waals surface area contributed by atoms with Gasteiger partial charge in [0, 0.05) is 36.9 Å². The number of hydrogen-bond acceptors (Lipinski definition) is 3. The van der Waals surface area contributed by atoms with Gasteiger partial charge in [-0.25, -0.2) is 0 Å². The topological polar surface area (TPSA) is 49.6 Å². The molecule has 0 aromatic heterocycles. The van der Waals surface area contributed by atoms with E-state index in [4.69, 9.17) is 17.3 Å². The van der Waals surface area contributed by atoms with Crippen LogP contribution in [0.3, 0.4) is 0 Å². The van der Waals surface area contributed by atoms with Crippen molar-refractivity contribution < 1.29 is 4.79 Å². The van der Waals surface area contributed by atoms with E-state index in [1.54, 1.807) is 0 Å². The third-order valence-electron chi connectivity index (χ3n) is 3.83. The fourth-order valence-corrected chi connectivity index (χ4v) is 2.81. The van der Waals surface area contributed by atoms with Gasteiger partial charge in [-0.3, -0.25) is 4.79 Å². The maximum absolute atomic E-state index is 12.3. The van der Waals surface area contributed by atoms with Crippen molar-refractivity contribution >= 4 is 35.6 Å². The number of piperazine rings is 1. The second-order valence-corrected chi connectivity index (χ2v) is 6.46. The number of amides is 1. The summed E-state index contributed by atoms with van der Waals surface area (Å²) in [5, 5.41) is 0.743. The lowest BCUT2D eigenvalue weighted by Gasteiger charge is -2.37. The fraction of sp³-hybridized carbons (Fsp3) is 0.562. The molecule has 0 bridgehead atoms. The predicted octanol–water partition coefficient (Wildman–Crippen LogP) is 2.78. The summed E-state index contributed by atoms with van der Waals surface area (Å²) in [6.45, 7) is 7.31. The number of benzene rings is 1. The summed E-state index contributed by atoms with van der Waals surface area (Å²) < 4.78 is 0. The Bertz CT molecular complexity index is 471. The Labute approximate surface area is 144 Å². The van der Waals surface area contributed by atoms with Crippen LogP contribution in [-0.2, 0) is 4.79 Å². The van der Waals surface area contributed by atoms with Gasteiger partial charge in [0.1, 0.15) is 0 Å². The van der Waals surface area contributed by atoms with Crippen LogP contribution in [0.15, 0.2) is 24.3 Å². The number of anilines is 1. The maximum Gasteiger partial charge on any atom is 0.239 e. The van der Waals surface area contributed by atoms with E-state index in [-0.39, 0.29) is 24.4 Å². The van der Waals surface area contributed by atoms with E-state index in [1.165, 1.54) is 0 Å². The molecule has 1 fully saturated rings. The Morgan fingerprint density at radius 2 is 1.73 bits per heavy atom. The van der Waals surface area contributed by atoms with E-state index in [1.807, 2.05) is 29.2 Å². The highest BCUT2D eigenvalue weighted by Crippen LogP contribution is 2.19. The largest absolute Gasteiger partial charge is 0.368 e. The number of hydrogen-bond donors (Lipinski definition) is 1. The predicted molar refractivity (Wildman–Crippen MR) is 94.9 cm³/mol. The van der Waals surface area contributed by atoms with Gasteiger partial charge in [0.2, 0.25) is 5.91 Å². The van der Waals surface area contributed by atoms with E-state index < -0.39 is 0 Å². The van der Waals surface area contributed by atoms with Gasteiger partial charge >= 0.3 is 0 Å². The first-order valence-corrected chi connectivity index (χ1v) is 7.90. The maximum atomic E-state index is 12.3. The second-order valence-electron chi connectivity index (χ2n) is 6.02. The second kappa shape index (κ2) is 8.61. The lowest BCUT2D eigenvalue weighted by atomic mass is 10.0. The van der Waals surface area contributed by atoms with E-state index in [0.717, 1.165) is 43.3 Å². The van der Waals surface area contributed by atoms with E-state index in [0.29, 0.717) is 5.92 Å². The van der Waals surface area contributed by atoms with Crippen LogP contribution in [-0.4, -0.2) is 43.0 Å². The Balaban J connectivity index is 0.00000242. The van der Waals surface area contributed by atoms with Crippen molar-refractivity contribution in [2.75, 3.05) is 31.1 Å². The number of nitrogens with two attached hydrogens (primary N) is 1. The van der Waals surface area contributed by atoms with Crippen LogP contribution < -0.4 is 10.6 Å². The molecule has 1 unspecified atom stereocenters. The molecule has 0 saturated carbocycles. The molecule has 1 saturated heterocycles. The van der Waals surface area contributed by atoms with Gasteiger partial charge < -0.3 is 15.5 Å². The first kappa shape index (κ1) is 19.1. The Morgan fingerprint density at radius 3 is 2.23 bits per heavy atom. The zero-order valence-electron chi connectivity index (χ0n) is 13.2.